The monoisotopic (exact) mass is 473 g/mol. The third-order valence-electron chi connectivity index (χ3n) is 5.96. The Morgan fingerprint density at radius 1 is 0.943 bits per heavy atom. The molecule has 10 heteroatoms. The van der Waals surface area contributed by atoms with Crippen molar-refractivity contribution in [3.63, 3.8) is 0 Å². The van der Waals surface area contributed by atoms with Gasteiger partial charge in [0.2, 0.25) is 5.65 Å². The number of anilines is 1. The lowest BCUT2D eigenvalue weighted by atomic mass is 9.86. The number of hydrogen-bond donors (Lipinski definition) is 1. The lowest BCUT2D eigenvalue weighted by Gasteiger charge is -2.16. The van der Waals surface area contributed by atoms with Crippen LogP contribution in [0.25, 0.3) is 38.9 Å². The molecule has 3 heterocycles. The topological polar surface area (TPSA) is 106 Å². The van der Waals surface area contributed by atoms with Crippen molar-refractivity contribution in [3.8, 4) is 22.9 Å². The van der Waals surface area contributed by atoms with E-state index in [0.29, 0.717) is 27.6 Å². The third kappa shape index (κ3) is 3.81. The molecule has 0 saturated heterocycles. The maximum Gasteiger partial charge on any atom is 0.419 e. The first-order valence-electron chi connectivity index (χ1n) is 10.6. The molecule has 0 atom stereocenters. The van der Waals surface area contributed by atoms with Gasteiger partial charge in [-0.1, -0.05) is 18.2 Å². The fourth-order valence-corrected chi connectivity index (χ4v) is 3.92. The average molecular weight is 473 g/mol. The Bertz CT molecular complexity index is 1630. The molecule has 0 bridgehead atoms. The molecule has 0 radical (unpaired) electrons. The first kappa shape index (κ1) is 22.3. The molecule has 174 valence electrons. The van der Waals surface area contributed by atoms with E-state index in [1.54, 1.807) is 24.5 Å². The van der Waals surface area contributed by atoms with Crippen LogP contribution in [0.5, 0.6) is 0 Å². The summed E-state index contributed by atoms with van der Waals surface area (Å²) in [6, 6.07) is 15.9. The SMILES string of the molecule is CC(C)(C#N)c1ccc(-n2cnc3nnc4ccc(-c5cnc(N)c(C(F)(F)F)c5)cc4c32)cc1. The van der Waals surface area contributed by atoms with Crippen molar-refractivity contribution >= 4 is 27.9 Å². The normalized spacial score (nSPS) is 12.2. The van der Waals surface area contributed by atoms with Crippen LogP contribution in [0.1, 0.15) is 25.0 Å². The smallest absolute Gasteiger partial charge is 0.383 e. The Hall–Kier alpha value is -4.52. The fourth-order valence-electron chi connectivity index (χ4n) is 3.92. The van der Waals surface area contributed by atoms with Crippen LogP contribution < -0.4 is 5.73 Å². The first-order valence-corrected chi connectivity index (χ1v) is 10.6. The Kier molecular flexibility index (Phi) is 4.95. The lowest BCUT2D eigenvalue weighted by molar-refractivity contribution is -0.137. The van der Waals surface area contributed by atoms with Crippen molar-refractivity contribution in [2.24, 2.45) is 0 Å². The van der Waals surface area contributed by atoms with Crippen LogP contribution in [0, 0.1) is 11.3 Å². The highest BCUT2D eigenvalue weighted by Gasteiger charge is 2.34. The minimum Gasteiger partial charge on any atom is -0.383 e. The molecule has 5 rings (SSSR count). The van der Waals surface area contributed by atoms with Gasteiger partial charge in [0, 0.05) is 22.8 Å². The molecule has 0 unspecified atom stereocenters. The average Bonchev–Trinajstić information content (AvgIpc) is 3.28. The lowest BCUT2D eigenvalue weighted by Crippen LogP contribution is -2.13. The molecular weight excluding hydrogens is 455 g/mol. The zero-order chi connectivity index (χ0) is 25.0. The number of imidazole rings is 1. The molecule has 35 heavy (non-hydrogen) atoms. The summed E-state index contributed by atoms with van der Waals surface area (Å²) < 4.78 is 41.9. The number of nitrogen functional groups attached to an aromatic ring is 1. The number of nitrogens with zero attached hydrogens (tertiary/aromatic N) is 6. The van der Waals surface area contributed by atoms with Gasteiger partial charge in [-0.15, -0.1) is 10.2 Å². The van der Waals surface area contributed by atoms with E-state index >= 15 is 0 Å². The van der Waals surface area contributed by atoms with Gasteiger partial charge in [-0.05, 0) is 55.3 Å². The highest BCUT2D eigenvalue weighted by molar-refractivity contribution is 6.02. The van der Waals surface area contributed by atoms with Crippen LogP contribution in [0.15, 0.2) is 61.1 Å². The molecular formula is C25H18F3N7. The van der Waals surface area contributed by atoms with E-state index in [1.165, 1.54) is 6.20 Å². The Morgan fingerprint density at radius 2 is 1.69 bits per heavy atom. The van der Waals surface area contributed by atoms with Crippen molar-refractivity contribution in [1.29, 1.82) is 5.26 Å². The molecule has 0 amide bonds. The van der Waals surface area contributed by atoms with E-state index in [4.69, 9.17) is 5.73 Å². The van der Waals surface area contributed by atoms with E-state index in [9.17, 15) is 18.4 Å². The van der Waals surface area contributed by atoms with Gasteiger partial charge in [0.1, 0.15) is 17.7 Å². The second-order valence-corrected chi connectivity index (χ2v) is 8.66. The van der Waals surface area contributed by atoms with Crippen LogP contribution in [0.3, 0.4) is 0 Å². The largest absolute Gasteiger partial charge is 0.419 e. The Morgan fingerprint density at radius 3 is 2.37 bits per heavy atom. The number of aromatic nitrogens is 5. The van der Waals surface area contributed by atoms with Gasteiger partial charge < -0.3 is 5.73 Å². The summed E-state index contributed by atoms with van der Waals surface area (Å²) in [5.74, 6) is -0.573. The van der Waals surface area contributed by atoms with Gasteiger partial charge in [0.05, 0.1) is 22.6 Å². The van der Waals surface area contributed by atoms with Gasteiger partial charge >= 0.3 is 6.18 Å². The van der Waals surface area contributed by atoms with E-state index in [1.807, 2.05) is 42.7 Å². The van der Waals surface area contributed by atoms with Crippen molar-refractivity contribution in [3.05, 3.63) is 72.2 Å². The number of hydrogen-bond acceptors (Lipinski definition) is 6. The maximum atomic E-state index is 13.4. The summed E-state index contributed by atoms with van der Waals surface area (Å²) in [6.45, 7) is 3.69. The van der Waals surface area contributed by atoms with Crippen LogP contribution in [-0.2, 0) is 11.6 Å². The molecule has 0 aliphatic carbocycles. The number of rotatable bonds is 3. The summed E-state index contributed by atoms with van der Waals surface area (Å²) in [4.78, 5) is 8.10. The van der Waals surface area contributed by atoms with Gasteiger partial charge in [0.25, 0.3) is 0 Å². The minimum absolute atomic E-state index is 0.271. The molecule has 0 aliphatic rings. The van der Waals surface area contributed by atoms with E-state index < -0.39 is 23.0 Å². The summed E-state index contributed by atoms with van der Waals surface area (Å²) >= 11 is 0. The van der Waals surface area contributed by atoms with Crippen LogP contribution in [0.4, 0.5) is 19.0 Å². The van der Waals surface area contributed by atoms with Crippen molar-refractivity contribution in [2.45, 2.75) is 25.4 Å². The number of benzene rings is 2. The minimum atomic E-state index is -4.62. The van der Waals surface area contributed by atoms with Crippen LogP contribution in [-0.4, -0.2) is 24.7 Å². The molecule has 2 N–H and O–H groups in total. The van der Waals surface area contributed by atoms with Gasteiger partial charge in [-0.3, -0.25) is 4.57 Å². The van der Waals surface area contributed by atoms with Crippen LogP contribution in [0.2, 0.25) is 0 Å². The van der Waals surface area contributed by atoms with Gasteiger partial charge in [0.15, 0.2) is 0 Å². The third-order valence-corrected chi connectivity index (χ3v) is 5.96. The molecule has 7 nitrogen and oxygen atoms in total. The van der Waals surface area contributed by atoms with E-state index in [2.05, 4.69) is 26.2 Å². The predicted octanol–water partition coefficient (Wildman–Crippen LogP) is 5.43. The number of alkyl halides is 3. The van der Waals surface area contributed by atoms with E-state index in [-0.39, 0.29) is 5.56 Å². The molecule has 0 aliphatic heterocycles. The quantitative estimate of drug-likeness (QED) is 0.374. The number of fused-ring (bicyclic) bond motifs is 3. The van der Waals surface area contributed by atoms with Gasteiger partial charge in [-0.2, -0.15) is 18.4 Å². The zero-order valence-corrected chi connectivity index (χ0v) is 18.7. The Labute approximate surface area is 197 Å². The number of nitriles is 1. The standard InChI is InChI=1S/C25H18F3N7/c1-24(2,12-29)16-4-6-17(7-5-16)35-13-32-23-21(35)18-9-14(3-8-20(18)33-34-23)15-10-19(25(26,27)28)22(30)31-11-15/h3-11,13H,1-2H3,(H2,30,31). The van der Waals surface area contributed by atoms with Crippen molar-refractivity contribution in [2.75, 3.05) is 5.73 Å². The molecule has 0 fully saturated rings. The number of halogens is 3. The van der Waals surface area contributed by atoms with Crippen LogP contribution >= 0.6 is 0 Å². The molecule has 3 aromatic heterocycles. The van der Waals surface area contributed by atoms with Gasteiger partial charge in [-0.25, -0.2) is 9.97 Å². The maximum absolute atomic E-state index is 13.4. The fraction of sp³-hybridized carbons (Fsp3) is 0.160. The summed E-state index contributed by atoms with van der Waals surface area (Å²) in [5.41, 5.74) is 7.89. The second kappa shape index (κ2) is 7.77. The summed E-state index contributed by atoms with van der Waals surface area (Å²) in [7, 11) is 0. The molecule has 2 aromatic carbocycles. The van der Waals surface area contributed by atoms with E-state index in [0.717, 1.165) is 17.3 Å². The number of pyridine rings is 1. The molecule has 0 saturated carbocycles. The predicted molar refractivity (Wildman–Crippen MR) is 125 cm³/mol. The van der Waals surface area contributed by atoms with Crippen molar-refractivity contribution in [1.82, 2.24) is 24.7 Å². The Balaban J connectivity index is 1.68. The highest BCUT2D eigenvalue weighted by atomic mass is 19.4. The zero-order valence-electron chi connectivity index (χ0n) is 18.7. The molecule has 5 aromatic rings. The number of nitrogens with two attached hydrogens (primary N) is 1. The first-order chi connectivity index (χ1) is 16.6. The summed E-state index contributed by atoms with van der Waals surface area (Å²) in [6.07, 6.45) is -1.69. The molecule has 0 spiro atoms. The van der Waals surface area contributed by atoms with Crippen molar-refractivity contribution < 1.29 is 13.2 Å². The second-order valence-electron chi connectivity index (χ2n) is 8.66. The highest BCUT2D eigenvalue weighted by Crippen LogP contribution is 2.36. The summed E-state index contributed by atoms with van der Waals surface area (Å²) in [5, 5.41) is 18.5.